The van der Waals surface area contributed by atoms with E-state index in [-0.39, 0.29) is 18.3 Å². The number of pyridine rings is 1. The summed E-state index contributed by atoms with van der Waals surface area (Å²) in [5.74, 6) is 0.629. The second-order valence-electron chi connectivity index (χ2n) is 6.30. The van der Waals surface area contributed by atoms with Crippen LogP contribution in [0.1, 0.15) is 36.6 Å². The van der Waals surface area contributed by atoms with Gasteiger partial charge in [-0.25, -0.2) is 9.37 Å². The van der Waals surface area contributed by atoms with E-state index in [0.29, 0.717) is 6.61 Å². The molecule has 0 saturated heterocycles. The third-order valence-electron chi connectivity index (χ3n) is 3.96. The summed E-state index contributed by atoms with van der Waals surface area (Å²) in [7, 11) is 5.43. The highest BCUT2D eigenvalue weighted by molar-refractivity contribution is 5.76. The molecule has 0 amide bonds. The summed E-state index contributed by atoms with van der Waals surface area (Å²) in [4.78, 5) is 6.67. The first-order valence-electron chi connectivity index (χ1n) is 7.99. The number of methoxy groups -OCH3 is 1. The maximum atomic E-state index is 13.4. The van der Waals surface area contributed by atoms with Crippen LogP contribution >= 0.6 is 0 Å². The molecule has 0 aliphatic rings. The second-order valence-corrected chi connectivity index (χ2v) is 6.30. The molecule has 0 bridgehead atoms. The lowest BCUT2D eigenvalue weighted by molar-refractivity contribution is 0.183. The molecule has 24 heavy (non-hydrogen) atoms. The first-order valence-corrected chi connectivity index (χ1v) is 7.99. The molecule has 1 N–H and O–H groups in total. The highest BCUT2D eigenvalue weighted by Gasteiger charge is 2.22. The highest BCUT2D eigenvalue weighted by atomic mass is 19.1. The Morgan fingerprint density at radius 3 is 2.25 bits per heavy atom. The molecule has 0 saturated carbocycles. The smallest absolute Gasteiger partial charge is 0.134 e. The number of nitrogens with zero attached hydrogens (tertiary/aromatic N) is 2. The van der Waals surface area contributed by atoms with E-state index in [1.54, 1.807) is 19.2 Å². The van der Waals surface area contributed by atoms with Crippen molar-refractivity contribution in [2.24, 2.45) is 0 Å². The predicted octanol–water partition coefficient (Wildman–Crippen LogP) is 3.72. The van der Waals surface area contributed by atoms with Crippen LogP contribution in [0.2, 0.25) is 0 Å². The number of rotatable bonds is 6. The number of aromatic nitrogens is 1. The lowest BCUT2D eigenvalue weighted by Gasteiger charge is -2.25. The van der Waals surface area contributed by atoms with Gasteiger partial charge in [0.15, 0.2) is 0 Å². The van der Waals surface area contributed by atoms with Gasteiger partial charge in [0.2, 0.25) is 0 Å². The average Bonchev–Trinajstić information content (AvgIpc) is 2.54. The Labute approximate surface area is 142 Å². The maximum absolute atomic E-state index is 13.4. The van der Waals surface area contributed by atoms with Crippen LogP contribution < -0.4 is 4.90 Å². The molecule has 0 fully saturated rings. The molecule has 0 radical (unpaired) electrons. The third-order valence-corrected chi connectivity index (χ3v) is 3.96. The molecular weight excluding hydrogens is 307 g/mol. The second kappa shape index (κ2) is 7.73. The minimum absolute atomic E-state index is 0.150. The molecule has 1 aromatic carbocycles. The van der Waals surface area contributed by atoms with E-state index < -0.39 is 0 Å². The van der Waals surface area contributed by atoms with Crippen molar-refractivity contribution in [3.63, 3.8) is 0 Å². The SMILES string of the molecule is COCc1c(C(C)C)nc(N(C)C)c(CO)c1-c1ccc(F)cc1. The van der Waals surface area contributed by atoms with Crippen LogP contribution in [0, 0.1) is 5.82 Å². The minimum Gasteiger partial charge on any atom is -0.392 e. The molecule has 0 aliphatic carbocycles. The van der Waals surface area contributed by atoms with E-state index in [4.69, 9.17) is 9.72 Å². The zero-order valence-corrected chi connectivity index (χ0v) is 14.9. The summed E-state index contributed by atoms with van der Waals surface area (Å²) in [5, 5.41) is 10.0. The normalized spacial score (nSPS) is 11.2. The van der Waals surface area contributed by atoms with Gasteiger partial charge in [-0.1, -0.05) is 26.0 Å². The van der Waals surface area contributed by atoms with Crippen LogP contribution in [-0.2, 0) is 18.0 Å². The van der Waals surface area contributed by atoms with Crippen molar-refractivity contribution in [3.8, 4) is 11.1 Å². The Kier molecular flexibility index (Phi) is 5.91. The van der Waals surface area contributed by atoms with Crippen molar-refractivity contribution in [1.29, 1.82) is 0 Å². The molecule has 0 spiro atoms. The molecule has 130 valence electrons. The first-order chi connectivity index (χ1) is 11.4. The molecule has 1 heterocycles. The Balaban J connectivity index is 2.86. The van der Waals surface area contributed by atoms with Crippen LogP contribution in [0.4, 0.5) is 10.2 Å². The number of hydrogen-bond acceptors (Lipinski definition) is 4. The van der Waals surface area contributed by atoms with Gasteiger partial charge in [-0.15, -0.1) is 0 Å². The van der Waals surface area contributed by atoms with E-state index in [1.807, 2.05) is 19.0 Å². The van der Waals surface area contributed by atoms with Crippen molar-refractivity contribution >= 4 is 5.82 Å². The molecule has 0 aliphatic heterocycles. The number of ether oxygens (including phenoxy) is 1. The summed E-state index contributed by atoms with van der Waals surface area (Å²) >= 11 is 0. The van der Waals surface area contributed by atoms with Crippen LogP contribution in [0.25, 0.3) is 11.1 Å². The van der Waals surface area contributed by atoms with Gasteiger partial charge in [-0.2, -0.15) is 0 Å². The van der Waals surface area contributed by atoms with Crippen LogP contribution in [-0.4, -0.2) is 31.3 Å². The number of aliphatic hydroxyl groups excluding tert-OH is 1. The van der Waals surface area contributed by atoms with E-state index in [2.05, 4.69) is 13.8 Å². The van der Waals surface area contributed by atoms with Crippen molar-refractivity contribution < 1.29 is 14.2 Å². The van der Waals surface area contributed by atoms with E-state index in [9.17, 15) is 9.50 Å². The monoisotopic (exact) mass is 332 g/mol. The molecule has 1 aromatic heterocycles. The lowest BCUT2D eigenvalue weighted by Crippen LogP contribution is -2.18. The van der Waals surface area contributed by atoms with Crippen LogP contribution in [0.3, 0.4) is 0 Å². The van der Waals surface area contributed by atoms with Gasteiger partial charge in [0.05, 0.1) is 18.9 Å². The van der Waals surface area contributed by atoms with Gasteiger partial charge in [0, 0.05) is 32.3 Å². The van der Waals surface area contributed by atoms with Crippen LogP contribution in [0.5, 0.6) is 0 Å². The molecule has 5 heteroatoms. The van der Waals surface area contributed by atoms with E-state index in [0.717, 1.165) is 33.8 Å². The topological polar surface area (TPSA) is 45.6 Å². The quantitative estimate of drug-likeness (QED) is 0.876. The van der Waals surface area contributed by atoms with Gasteiger partial charge in [-0.3, -0.25) is 0 Å². The fourth-order valence-electron chi connectivity index (χ4n) is 2.92. The van der Waals surface area contributed by atoms with Gasteiger partial charge < -0.3 is 14.7 Å². The van der Waals surface area contributed by atoms with Gasteiger partial charge in [0.25, 0.3) is 0 Å². The number of aliphatic hydroxyl groups is 1. The summed E-state index contributed by atoms with van der Waals surface area (Å²) in [6.07, 6.45) is 0. The fraction of sp³-hybridized carbons (Fsp3) is 0.421. The Morgan fingerprint density at radius 1 is 1.17 bits per heavy atom. The number of halogens is 1. The Morgan fingerprint density at radius 2 is 1.79 bits per heavy atom. The zero-order chi connectivity index (χ0) is 17.9. The van der Waals surface area contributed by atoms with Gasteiger partial charge >= 0.3 is 0 Å². The van der Waals surface area contributed by atoms with Crippen molar-refractivity contribution in [1.82, 2.24) is 4.98 Å². The zero-order valence-electron chi connectivity index (χ0n) is 14.9. The molecule has 2 aromatic rings. The predicted molar refractivity (Wildman–Crippen MR) is 94.7 cm³/mol. The Hall–Kier alpha value is -1.98. The van der Waals surface area contributed by atoms with Crippen molar-refractivity contribution in [2.45, 2.75) is 33.0 Å². The lowest BCUT2D eigenvalue weighted by atomic mass is 9.91. The molecular formula is C19H25FN2O2. The first kappa shape index (κ1) is 18.4. The summed E-state index contributed by atoms with van der Waals surface area (Å²) in [5.41, 5.74) is 4.32. The summed E-state index contributed by atoms with van der Waals surface area (Å²) in [6.45, 7) is 4.39. The largest absolute Gasteiger partial charge is 0.392 e. The summed E-state index contributed by atoms with van der Waals surface area (Å²) in [6, 6.07) is 6.31. The Bertz CT molecular complexity index is 698. The molecule has 4 nitrogen and oxygen atoms in total. The fourth-order valence-corrected chi connectivity index (χ4v) is 2.92. The number of hydrogen-bond donors (Lipinski definition) is 1. The van der Waals surface area contributed by atoms with E-state index in [1.165, 1.54) is 12.1 Å². The van der Waals surface area contributed by atoms with E-state index >= 15 is 0 Å². The van der Waals surface area contributed by atoms with Crippen LogP contribution in [0.15, 0.2) is 24.3 Å². The van der Waals surface area contributed by atoms with Crippen molar-refractivity contribution in [3.05, 3.63) is 46.9 Å². The minimum atomic E-state index is -0.288. The highest BCUT2D eigenvalue weighted by Crippen LogP contribution is 2.37. The third kappa shape index (κ3) is 3.57. The number of benzene rings is 1. The maximum Gasteiger partial charge on any atom is 0.134 e. The molecule has 2 rings (SSSR count). The number of anilines is 1. The standard InChI is InChI=1S/C19H25FN2O2/c1-12(2)18-16(11-24-5)17(13-6-8-14(20)9-7-13)15(10-23)19(21-18)22(3)4/h6-9,12,23H,10-11H2,1-5H3. The molecule has 0 unspecified atom stereocenters. The van der Waals surface area contributed by atoms with Crippen molar-refractivity contribution in [2.75, 3.05) is 26.1 Å². The van der Waals surface area contributed by atoms with Gasteiger partial charge in [0.1, 0.15) is 11.6 Å². The average molecular weight is 332 g/mol. The van der Waals surface area contributed by atoms with Gasteiger partial charge in [-0.05, 0) is 29.2 Å². The summed E-state index contributed by atoms with van der Waals surface area (Å²) < 4.78 is 18.7. The molecule has 0 atom stereocenters.